The molecule has 1 aliphatic carbocycles. The Bertz CT molecular complexity index is 636. The minimum atomic E-state index is -0.130. The van der Waals surface area contributed by atoms with Crippen molar-refractivity contribution in [1.29, 1.82) is 0 Å². The molecule has 0 aliphatic heterocycles. The Morgan fingerprint density at radius 1 is 1.48 bits per heavy atom. The number of anilines is 1. The number of carbonyl (C=O) groups excluding carboxylic acids is 1. The Balaban J connectivity index is 1.77. The van der Waals surface area contributed by atoms with Gasteiger partial charge in [-0.05, 0) is 25.8 Å². The van der Waals surface area contributed by atoms with Crippen LogP contribution in [0.3, 0.4) is 0 Å². The first-order chi connectivity index (χ1) is 10.2. The molecule has 21 heavy (non-hydrogen) atoms. The minimum absolute atomic E-state index is 0.130. The lowest BCUT2D eigenvalue weighted by Crippen LogP contribution is -2.14. The summed E-state index contributed by atoms with van der Waals surface area (Å²) in [5, 5.41) is 7.40. The fourth-order valence-corrected chi connectivity index (χ4v) is 3.07. The van der Waals surface area contributed by atoms with Crippen LogP contribution in [0, 0.1) is 6.92 Å². The van der Waals surface area contributed by atoms with Crippen LogP contribution >= 0.6 is 0 Å². The number of nitrogens with one attached hydrogen (secondary N) is 1. The molecule has 3 rings (SSSR count). The molecule has 1 fully saturated rings. The van der Waals surface area contributed by atoms with Gasteiger partial charge in [0.15, 0.2) is 0 Å². The van der Waals surface area contributed by atoms with Gasteiger partial charge >= 0.3 is 0 Å². The first-order valence-corrected chi connectivity index (χ1v) is 7.62. The molecule has 1 aliphatic rings. The van der Waals surface area contributed by atoms with E-state index in [2.05, 4.69) is 15.1 Å². The third kappa shape index (κ3) is 2.60. The third-order valence-corrected chi connectivity index (χ3v) is 4.27. The highest BCUT2D eigenvalue weighted by Gasteiger charge is 2.21. The van der Waals surface area contributed by atoms with Gasteiger partial charge in [-0.25, -0.2) is 0 Å². The lowest BCUT2D eigenvalue weighted by molar-refractivity contribution is 0.102. The molecule has 1 saturated carbocycles. The Morgan fingerprint density at radius 2 is 2.24 bits per heavy atom. The van der Waals surface area contributed by atoms with E-state index in [0.29, 0.717) is 23.8 Å². The fourth-order valence-electron chi connectivity index (χ4n) is 3.07. The lowest BCUT2D eigenvalue weighted by Gasteiger charge is -2.12. The van der Waals surface area contributed by atoms with Gasteiger partial charge in [0.2, 0.25) is 0 Å². The number of hydrogen-bond acceptors (Lipinski definition) is 3. The first kappa shape index (κ1) is 13.9. The van der Waals surface area contributed by atoms with Gasteiger partial charge in [0.25, 0.3) is 5.91 Å². The summed E-state index contributed by atoms with van der Waals surface area (Å²) in [5.74, 6) is 0.586. The maximum Gasteiger partial charge on any atom is 0.259 e. The van der Waals surface area contributed by atoms with Gasteiger partial charge in [-0.15, -0.1) is 0 Å². The monoisotopic (exact) mass is 287 g/mol. The molecule has 5 nitrogen and oxygen atoms in total. The molecule has 0 radical (unpaired) electrons. The van der Waals surface area contributed by atoms with Crippen molar-refractivity contribution in [3.8, 4) is 0 Å². The zero-order chi connectivity index (χ0) is 14.8. The number of hydrogen-bond donors (Lipinski definition) is 1. The Kier molecular flexibility index (Phi) is 3.82. The van der Waals surface area contributed by atoms with E-state index in [4.69, 9.17) is 4.42 Å². The van der Waals surface area contributed by atoms with Gasteiger partial charge in [0, 0.05) is 6.42 Å². The lowest BCUT2D eigenvalue weighted by atomic mass is 10.2. The van der Waals surface area contributed by atoms with Crippen LogP contribution in [0.15, 0.2) is 22.9 Å². The van der Waals surface area contributed by atoms with Crippen LogP contribution in [0.5, 0.6) is 0 Å². The zero-order valence-corrected chi connectivity index (χ0v) is 12.6. The van der Waals surface area contributed by atoms with E-state index in [-0.39, 0.29) is 5.91 Å². The molecule has 0 aromatic carbocycles. The van der Waals surface area contributed by atoms with Gasteiger partial charge in [-0.2, -0.15) is 5.10 Å². The first-order valence-electron chi connectivity index (χ1n) is 7.62. The van der Waals surface area contributed by atoms with Crippen LogP contribution in [-0.2, 0) is 6.42 Å². The van der Waals surface area contributed by atoms with E-state index in [1.165, 1.54) is 25.7 Å². The second-order valence-corrected chi connectivity index (χ2v) is 5.59. The average molecular weight is 287 g/mol. The number of furan rings is 1. The predicted molar refractivity (Wildman–Crippen MR) is 80.5 cm³/mol. The molecule has 0 spiro atoms. The summed E-state index contributed by atoms with van der Waals surface area (Å²) in [5.41, 5.74) is 2.41. The molecule has 2 aromatic rings. The molecular weight excluding hydrogens is 266 g/mol. The number of aryl methyl sites for hydroxylation is 1. The SMILES string of the molecule is CCc1occc1C(=O)Nc1cnn(C2CCCC2)c1C. The Labute approximate surface area is 124 Å². The summed E-state index contributed by atoms with van der Waals surface area (Å²) < 4.78 is 7.36. The Morgan fingerprint density at radius 3 is 2.95 bits per heavy atom. The molecule has 0 unspecified atom stereocenters. The summed E-state index contributed by atoms with van der Waals surface area (Å²) >= 11 is 0. The van der Waals surface area contributed by atoms with Crippen molar-refractivity contribution >= 4 is 11.6 Å². The quantitative estimate of drug-likeness (QED) is 0.932. The van der Waals surface area contributed by atoms with E-state index >= 15 is 0 Å². The topological polar surface area (TPSA) is 60.1 Å². The zero-order valence-electron chi connectivity index (χ0n) is 12.6. The highest BCUT2D eigenvalue weighted by molar-refractivity contribution is 6.05. The maximum absolute atomic E-state index is 12.3. The highest BCUT2D eigenvalue weighted by atomic mass is 16.3. The molecule has 5 heteroatoms. The van der Waals surface area contributed by atoms with Crippen LogP contribution in [0.1, 0.15) is 60.5 Å². The van der Waals surface area contributed by atoms with Crippen molar-refractivity contribution in [2.24, 2.45) is 0 Å². The molecule has 0 saturated heterocycles. The van der Waals surface area contributed by atoms with Gasteiger partial charge in [-0.3, -0.25) is 9.48 Å². The smallest absolute Gasteiger partial charge is 0.259 e. The normalized spacial score (nSPS) is 15.5. The summed E-state index contributed by atoms with van der Waals surface area (Å²) in [7, 11) is 0. The average Bonchev–Trinajstić information content (AvgIpc) is 3.19. The number of aromatic nitrogens is 2. The standard InChI is InChI=1S/C16H21N3O2/c1-3-15-13(8-9-21-15)16(20)18-14-10-17-19(11(14)2)12-6-4-5-7-12/h8-10,12H,3-7H2,1-2H3,(H,18,20). The van der Waals surface area contributed by atoms with Gasteiger partial charge in [-0.1, -0.05) is 19.8 Å². The number of rotatable bonds is 4. The minimum Gasteiger partial charge on any atom is -0.469 e. The molecule has 1 N–H and O–H groups in total. The summed E-state index contributed by atoms with van der Waals surface area (Å²) in [6.45, 7) is 3.98. The molecule has 1 amide bonds. The predicted octanol–water partition coefficient (Wildman–Crippen LogP) is 3.71. The maximum atomic E-state index is 12.3. The van der Waals surface area contributed by atoms with Crippen molar-refractivity contribution in [1.82, 2.24) is 9.78 Å². The van der Waals surface area contributed by atoms with E-state index in [1.807, 2.05) is 13.8 Å². The summed E-state index contributed by atoms with van der Waals surface area (Å²) in [6.07, 6.45) is 8.90. The number of amides is 1. The molecule has 2 heterocycles. The second kappa shape index (κ2) is 5.76. The van der Waals surface area contributed by atoms with Gasteiger partial charge < -0.3 is 9.73 Å². The summed E-state index contributed by atoms with van der Waals surface area (Å²) in [6, 6.07) is 2.20. The van der Waals surface area contributed by atoms with Crippen molar-refractivity contribution in [2.75, 3.05) is 5.32 Å². The highest BCUT2D eigenvalue weighted by Crippen LogP contribution is 2.31. The van der Waals surface area contributed by atoms with Crippen LogP contribution < -0.4 is 5.32 Å². The van der Waals surface area contributed by atoms with Crippen LogP contribution in [0.4, 0.5) is 5.69 Å². The largest absolute Gasteiger partial charge is 0.469 e. The van der Waals surface area contributed by atoms with Gasteiger partial charge in [0.1, 0.15) is 5.76 Å². The number of nitrogens with zero attached hydrogens (tertiary/aromatic N) is 2. The van der Waals surface area contributed by atoms with Crippen LogP contribution in [-0.4, -0.2) is 15.7 Å². The van der Waals surface area contributed by atoms with Crippen molar-refractivity contribution in [3.05, 3.63) is 35.5 Å². The van der Waals surface area contributed by atoms with E-state index < -0.39 is 0 Å². The van der Waals surface area contributed by atoms with E-state index in [0.717, 1.165) is 11.4 Å². The molecular formula is C16H21N3O2. The van der Waals surface area contributed by atoms with Crippen LogP contribution in [0.2, 0.25) is 0 Å². The molecule has 0 atom stereocenters. The van der Waals surface area contributed by atoms with E-state index in [9.17, 15) is 4.79 Å². The van der Waals surface area contributed by atoms with E-state index in [1.54, 1.807) is 18.5 Å². The van der Waals surface area contributed by atoms with Crippen LogP contribution in [0.25, 0.3) is 0 Å². The third-order valence-electron chi connectivity index (χ3n) is 4.27. The molecule has 112 valence electrons. The van der Waals surface area contributed by atoms with Gasteiger partial charge in [0.05, 0.1) is 35.4 Å². The summed E-state index contributed by atoms with van der Waals surface area (Å²) in [4.78, 5) is 12.3. The molecule has 0 bridgehead atoms. The fraction of sp³-hybridized carbons (Fsp3) is 0.500. The van der Waals surface area contributed by atoms with Crippen molar-refractivity contribution in [2.45, 2.75) is 52.0 Å². The second-order valence-electron chi connectivity index (χ2n) is 5.59. The van der Waals surface area contributed by atoms with Crippen molar-refractivity contribution < 1.29 is 9.21 Å². The molecule has 2 aromatic heterocycles. The Hall–Kier alpha value is -2.04. The number of carbonyl (C=O) groups is 1. The van der Waals surface area contributed by atoms with Crippen molar-refractivity contribution in [3.63, 3.8) is 0 Å².